The molecule has 194 valence electrons. The molecule has 3 N–H and O–H groups in total. The standard InChI is InChI=1S/C30H32N6O2/c1-17-7-6-8-21(18(17)2)28-24-13-31-34-29(24)23-12-26(32-30(23)33-28)25-16-36(15-19(37)14-35(3)4)27-10-9-20(38-5)11-22(25)27/h6-13,16,19,37H,14-15H2,1-5H3,(H,31,34)(H,32,33). The number of hydrogen-bond donors (Lipinski definition) is 3. The van der Waals surface area contributed by atoms with E-state index in [-0.39, 0.29) is 0 Å². The summed E-state index contributed by atoms with van der Waals surface area (Å²) >= 11 is 0. The number of aromatic nitrogens is 5. The average molecular weight is 509 g/mol. The summed E-state index contributed by atoms with van der Waals surface area (Å²) in [5.41, 5.74) is 9.20. The summed E-state index contributed by atoms with van der Waals surface area (Å²) in [7, 11) is 5.61. The fourth-order valence-electron chi connectivity index (χ4n) is 5.40. The lowest BCUT2D eigenvalue weighted by Gasteiger charge is -2.17. The van der Waals surface area contributed by atoms with Crippen molar-refractivity contribution < 1.29 is 9.84 Å². The van der Waals surface area contributed by atoms with E-state index in [4.69, 9.17) is 9.72 Å². The Morgan fingerprint density at radius 3 is 2.68 bits per heavy atom. The molecule has 0 radical (unpaired) electrons. The number of ether oxygens (including phenoxy) is 1. The summed E-state index contributed by atoms with van der Waals surface area (Å²) in [6.45, 7) is 5.33. The van der Waals surface area contributed by atoms with Gasteiger partial charge in [0.1, 0.15) is 11.4 Å². The predicted molar refractivity (Wildman–Crippen MR) is 153 cm³/mol. The highest BCUT2D eigenvalue weighted by Crippen LogP contribution is 2.38. The zero-order valence-corrected chi connectivity index (χ0v) is 22.3. The van der Waals surface area contributed by atoms with E-state index in [9.17, 15) is 5.11 Å². The van der Waals surface area contributed by atoms with Crippen LogP contribution >= 0.6 is 0 Å². The molecule has 6 rings (SSSR count). The molecule has 0 amide bonds. The van der Waals surface area contributed by atoms with Gasteiger partial charge in [0.15, 0.2) is 0 Å². The minimum Gasteiger partial charge on any atom is -0.497 e. The number of methoxy groups -OCH3 is 1. The van der Waals surface area contributed by atoms with Gasteiger partial charge in [-0.2, -0.15) is 5.10 Å². The van der Waals surface area contributed by atoms with Crippen molar-refractivity contribution in [2.45, 2.75) is 26.5 Å². The number of aliphatic hydroxyl groups excluding tert-OH is 1. The van der Waals surface area contributed by atoms with Gasteiger partial charge in [-0.25, -0.2) is 4.98 Å². The number of pyridine rings is 1. The van der Waals surface area contributed by atoms with E-state index in [0.717, 1.165) is 61.1 Å². The molecule has 1 atom stereocenters. The number of nitrogens with one attached hydrogen (secondary N) is 2. The van der Waals surface area contributed by atoms with Gasteiger partial charge in [0.25, 0.3) is 0 Å². The van der Waals surface area contributed by atoms with E-state index in [1.165, 1.54) is 11.1 Å². The Balaban J connectivity index is 1.54. The molecule has 0 bridgehead atoms. The van der Waals surface area contributed by atoms with Gasteiger partial charge >= 0.3 is 0 Å². The lowest BCUT2D eigenvalue weighted by atomic mass is 9.98. The second-order valence-electron chi connectivity index (χ2n) is 10.3. The number of H-pyrrole nitrogens is 2. The van der Waals surface area contributed by atoms with Crippen LogP contribution in [0, 0.1) is 13.8 Å². The molecule has 0 aliphatic carbocycles. The van der Waals surface area contributed by atoms with E-state index in [1.807, 2.05) is 43.4 Å². The molecule has 4 aromatic heterocycles. The largest absolute Gasteiger partial charge is 0.497 e. The minimum absolute atomic E-state index is 0.487. The fourth-order valence-corrected chi connectivity index (χ4v) is 5.40. The highest BCUT2D eigenvalue weighted by atomic mass is 16.5. The Labute approximate surface area is 220 Å². The third-order valence-electron chi connectivity index (χ3n) is 7.41. The lowest BCUT2D eigenvalue weighted by molar-refractivity contribution is 0.121. The monoisotopic (exact) mass is 508 g/mol. The topological polar surface area (TPSA) is 95.0 Å². The minimum atomic E-state index is -0.496. The van der Waals surface area contributed by atoms with E-state index in [2.05, 4.69) is 64.1 Å². The van der Waals surface area contributed by atoms with Crippen molar-refractivity contribution >= 4 is 32.8 Å². The molecule has 0 fully saturated rings. The molecule has 0 saturated heterocycles. The molecule has 4 heterocycles. The summed E-state index contributed by atoms with van der Waals surface area (Å²) in [4.78, 5) is 10.7. The highest BCUT2D eigenvalue weighted by Gasteiger charge is 2.20. The zero-order valence-electron chi connectivity index (χ0n) is 22.3. The highest BCUT2D eigenvalue weighted by molar-refractivity contribution is 6.10. The van der Waals surface area contributed by atoms with Crippen LogP contribution in [0.4, 0.5) is 0 Å². The maximum atomic E-state index is 10.7. The van der Waals surface area contributed by atoms with E-state index >= 15 is 0 Å². The van der Waals surface area contributed by atoms with Crippen molar-refractivity contribution in [3.05, 3.63) is 66.0 Å². The van der Waals surface area contributed by atoms with Crippen LogP contribution in [0.5, 0.6) is 5.75 Å². The number of aliphatic hydroxyl groups is 1. The number of aryl methyl sites for hydroxylation is 1. The van der Waals surface area contributed by atoms with Crippen LogP contribution in [0.1, 0.15) is 11.1 Å². The van der Waals surface area contributed by atoms with Gasteiger partial charge in [-0.15, -0.1) is 0 Å². The van der Waals surface area contributed by atoms with Crippen molar-refractivity contribution in [2.24, 2.45) is 0 Å². The Bertz CT molecular complexity index is 1790. The first kappa shape index (κ1) is 24.2. The molecule has 0 spiro atoms. The number of rotatable bonds is 7. The Hall–Kier alpha value is -4.14. The first-order chi connectivity index (χ1) is 18.3. The molecule has 1 unspecified atom stereocenters. The van der Waals surface area contributed by atoms with Crippen LogP contribution in [-0.4, -0.2) is 68.6 Å². The molecule has 0 aliphatic heterocycles. The normalized spacial score (nSPS) is 12.8. The smallest absolute Gasteiger partial charge is 0.140 e. The quantitative estimate of drug-likeness (QED) is 0.273. The summed E-state index contributed by atoms with van der Waals surface area (Å²) in [6, 6.07) is 14.5. The fraction of sp³-hybridized carbons (Fsp3) is 0.267. The Morgan fingerprint density at radius 2 is 1.89 bits per heavy atom. The van der Waals surface area contributed by atoms with Gasteiger partial charge in [-0.1, -0.05) is 18.2 Å². The van der Waals surface area contributed by atoms with Gasteiger partial charge in [0.05, 0.1) is 30.6 Å². The van der Waals surface area contributed by atoms with Crippen molar-refractivity contribution in [1.82, 2.24) is 29.6 Å². The molecule has 0 aliphatic rings. The van der Waals surface area contributed by atoms with Crippen molar-refractivity contribution in [1.29, 1.82) is 0 Å². The molecular formula is C30H32N6O2. The van der Waals surface area contributed by atoms with Gasteiger partial charge in [-0.3, -0.25) is 5.10 Å². The summed E-state index contributed by atoms with van der Waals surface area (Å²) in [5, 5.41) is 21.3. The second kappa shape index (κ2) is 9.31. The number of fused-ring (bicyclic) bond motifs is 4. The van der Waals surface area contributed by atoms with Gasteiger partial charge in [0, 0.05) is 57.8 Å². The first-order valence-corrected chi connectivity index (χ1v) is 12.8. The number of aromatic amines is 2. The number of hydrogen-bond acceptors (Lipinski definition) is 5. The molecule has 8 nitrogen and oxygen atoms in total. The number of nitrogens with zero attached hydrogens (tertiary/aromatic N) is 4. The third-order valence-corrected chi connectivity index (χ3v) is 7.41. The van der Waals surface area contributed by atoms with E-state index in [0.29, 0.717) is 13.1 Å². The maximum absolute atomic E-state index is 10.7. The predicted octanol–water partition coefficient (Wildman–Crippen LogP) is 5.28. The van der Waals surface area contributed by atoms with Crippen molar-refractivity contribution in [2.75, 3.05) is 27.7 Å². The average Bonchev–Trinajstić information content (AvgIpc) is 3.61. The zero-order chi connectivity index (χ0) is 26.6. The van der Waals surface area contributed by atoms with E-state index in [1.54, 1.807) is 7.11 Å². The summed E-state index contributed by atoms with van der Waals surface area (Å²) < 4.78 is 7.66. The molecule has 2 aromatic carbocycles. The summed E-state index contributed by atoms with van der Waals surface area (Å²) in [6.07, 6.45) is 3.46. The van der Waals surface area contributed by atoms with Gasteiger partial charge < -0.3 is 24.3 Å². The maximum Gasteiger partial charge on any atom is 0.140 e. The molecule has 8 heteroatoms. The number of likely N-dealkylation sites (N-methyl/N-ethyl adjacent to an activating group) is 1. The lowest BCUT2D eigenvalue weighted by Crippen LogP contribution is -2.29. The molecular weight excluding hydrogens is 476 g/mol. The second-order valence-corrected chi connectivity index (χ2v) is 10.3. The van der Waals surface area contributed by atoms with Gasteiger partial charge in [-0.05, 0) is 63.3 Å². The molecule has 6 aromatic rings. The van der Waals surface area contributed by atoms with Crippen LogP contribution in [0.2, 0.25) is 0 Å². The van der Waals surface area contributed by atoms with E-state index < -0.39 is 6.10 Å². The van der Waals surface area contributed by atoms with Crippen LogP contribution in [0.15, 0.2) is 54.9 Å². The number of benzene rings is 2. The SMILES string of the molecule is COc1ccc2c(c1)c(-c1cc3c(nc(-c4cccc(C)c4C)c4cn[nH]c43)[nH]1)cn2CC(O)CN(C)C. The van der Waals surface area contributed by atoms with Crippen molar-refractivity contribution in [3.8, 4) is 28.3 Å². The van der Waals surface area contributed by atoms with Gasteiger partial charge in [0.2, 0.25) is 0 Å². The first-order valence-electron chi connectivity index (χ1n) is 12.8. The van der Waals surface area contributed by atoms with Crippen molar-refractivity contribution in [3.63, 3.8) is 0 Å². The Morgan fingerprint density at radius 1 is 1.05 bits per heavy atom. The van der Waals surface area contributed by atoms with Crippen LogP contribution in [0.3, 0.4) is 0 Å². The molecule has 0 saturated carbocycles. The Kier molecular flexibility index (Phi) is 5.93. The summed E-state index contributed by atoms with van der Waals surface area (Å²) in [5.74, 6) is 0.785. The molecule has 38 heavy (non-hydrogen) atoms. The van der Waals surface area contributed by atoms with Crippen LogP contribution < -0.4 is 4.74 Å². The van der Waals surface area contributed by atoms with Crippen LogP contribution in [-0.2, 0) is 6.54 Å². The van der Waals surface area contributed by atoms with Crippen LogP contribution in [0.25, 0.3) is 55.4 Å². The third kappa shape index (κ3) is 4.02.